The van der Waals surface area contributed by atoms with E-state index in [4.69, 9.17) is 4.74 Å². The quantitative estimate of drug-likeness (QED) is 0.336. The van der Waals surface area contributed by atoms with E-state index in [9.17, 15) is 0 Å². The van der Waals surface area contributed by atoms with Crippen molar-refractivity contribution in [3.63, 3.8) is 0 Å². The number of ether oxygens (including phenoxy) is 1. The maximum Gasteiger partial charge on any atom is 0.0725 e. The van der Waals surface area contributed by atoms with Gasteiger partial charge in [-0.25, -0.2) is 0 Å². The Hall–Kier alpha value is -1.22. The maximum atomic E-state index is 5.11. The van der Waals surface area contributed by atoms with Gasteiger partial charge in [0.1, 0.15) is 0 Å². The first-order chi connectivity index (χ1) is 5.41. The highest BCUT2D eigenvalue weighted by Crippen LogP contribution is 1.77. The number of hydrogen-bond donors (Lipinski definition) is 0. The minimum Gasteiger partial charge on any atom is -0.373 e. The molecule has 0 radical (unpaired) electrons. The summed E-state index contributed by atoms with van der Waals surface area (Å²) in [5.41, 5.74) is 2.62. The first kappa shape index (κ1) is 9.78. The van der Waals surface area contributed by atoms with Crippen LogP contribution in [-0.2, 0) is 4.74 Å². The van der Waals surface area contributed by atoms with Gasteiger partial charge in [0.2, 0.25) is 0 Å². The lowest BCUT2D eigenvalue weighted by Crippen LogP contribution is -1.88. The zero-order valence-corrected chi connectivity index (χ0v) is 6.76. The molecule has 0 aliphatic rings. The molecule has 0 saturated carbocycles. The first-order valence-corrected chi connectivity index (χ1v) is 3.41. The molecule has 0 atom stereocenters. The van der Waals surface area contributed by atoms with Crippen molar-refractivity contribution in [1.82, 2.24) is 0 Å². The van der Waals surface area contributed by atoms with E-state index in [1.165, 1.54) is 0 Å². The van der Waals surface area contributed by atoms with Gasteiger partial charge in [-0.3, -0.25) is 0 Å². The zero-order valence-electron chi connectivity index (χ0n) is 6.76. The minimum absolute atomic E-state index is 0.563. The van der Waals surface area contributed by atoms with Crippen LogP contribution < -0.4 is 0 Å². The van der Waals surface area contributed by atoms with Crippen LogP contribution in [0.15, 0.2) is 30.5 Å². The summed E-state index contributed by atoms with van der Waals surface area (Å²) in [6.45, 7) is 6.36. The summed E-state index contributed by atoms with van der Waals surface area (Å²) in [4.78, 5) is 0. The summed E-state index contributed by atoms with van der Waals surface area (Å²) >= 11 is 0. The molecular formula is C10H12O. The van der Waals surface area contributed by atoms with Crippen LogP contribution in [0.5, 0.6) is 0 Å². The van der Waals surface area contributed by atoms with Gasteiger partial charge in [-0.1, -0.05) is 18.6 Å². The van der Waals surface area contributed by atoms with Gasteiger partial charge in [0.25, 0.3) is 0 Å². The van der Waals surface area contributed by atoms with Crippen molar-refractivity contribution in [2.75, 3.05) is 13.2 Å². The molecule has 1 heteroatoms. The highest BCUT2D eigenvalue weighted by Gasteiger charge is 1.74. The largest absolute Gasteiger partial charge is 0.373 e. The normalized spacial score (nSPS) is 8.45. The SMILES string of the molecule is C=C=CCOCC=CC#CC. The summed E-state index contributed by atoms with van der Waals surface area (Å²) in [5.74, 6) is 5.54. The molecule has 0 aromatic heterocycles. The smallest absolute Gasteiger partial charge is 0.0725 e. The third-order valence-corrected chi connectivity index (χ3v) is 0.905. The number of hydrogen-bond acceptors (Lipinski definition) is 1. The fraction of sp³-hybridized carbons (Fsp3) is 0.300. The third-order valence-electron chi connectivity index (χ3n) is 0.905. The Kier molecular flexibility index (Phi) is 7.81. The van der Waals surface area contributed by atoms with Crippen molar-refractivity contribution in [3.05, 3.63) is 30.5 Å². The van der Waals surface area contributed by atoms with E-state index in [2.05, 4.69) is 24.2 Å². The van der Waals surface area contributed by atoms with Crippen LogP contribution in [0.25, 0.3) is 0 Å². The van der Waals surface area contributed by atoms with Crippen molar-refractivity contribution < 1.29 is 4.74 Å². The van der Waals surface area contributed by atoms with Gasteiger partial charge in [0, 0.05) is 0 Å². The molecule has 0 spiro atoms. The van der Waals surface area contributed by atoms with Crippen LogP contribution in [-0.4, -0.2) is 13.2 Å². The van der Waals surface area contributed by atoms with Crippen molar-refractivity contribution in [1.29, 1.82) is 0 Å². The topological polar surface area (TPSA) is 9.23 Å². The van der Waals surface area contributed by atoms with Crippen LogP contribution in [0, 0.1) is 11.8 Å². The van der Waals surface area contributed by atoms with E-state index in [0.29, 0.717) is 13.2 Å². The van der Waals surface area contributed by atoms with Gasteiger partial charge < -0.3 is 4.74 Å². The molecule has 0 rings (SSSR count). The Bertz CT molecular complexity index is 209. The van der Waals surface area contributed by atoms with Crippen molar-refractivity contribution in [3.8, 4) is 11.8 Å². The van der Waals surface area contributed by atoms with E-state index in [-0.39, 0.29) is 0 Å². The summed E-state index contributed by atoms with van der Waals surface area (Å²) in [7, 11) is 0. The molecule has 58 valence electrons. The monoisotopic (exact) mass is 148 g/mol. The molecule has 0 aliphatic heterocycles. The standard InChI is InChI=1S/C10H12O/c1-3-5-7-8-10-11-9-6-4-2/h6-8H,2,9-10H2,1H3. The second-order valence-electron chi connectivity index (χ2n) is 1.74. The molecular weight excluding hydrogens is 136 g/mol. The molecule has 11 heavy (non-hydrogen) atoms. The average Bonchev–Trinajstić information content (AvgIpc) is 2.03. The molecule has 0 aromatic carbocycles. The van der Waals surface area contributed by atoms with Crippen LogP contribution in [0.1, 0.15) is 6.92 Å². The first-order valence-electron chi connectivity index (χ1n) is 3.41. The fourth-order valence-corrected chi connectivity index (χ4v) is 0.444. The van der Waals surface area contributed by atoms with E-state index in [1.54, 1.807) is 19.1 Å². The van der Waals surface area contributed by atoms with Gasteiger partial charge in [0.15, 0.2) is 0 Å². The molecule has 0 heterocycles. The Morgan fingerprint density at radius 2 is 2.27 bits per heavy atom. The number of rotatable bonds is 4. The third kappa shape index (κ3) is 8.78. The molecule has 0 saturated heterocycles. The second-order valence-corrected chi connectivity index (χ2v) is 1.74. The Morgan fingerprint density at radius 1 is 1.45 bits per heavy atom. The lowest BCUT2D eigenvalue weighted by atomic mass is 10.5. The molecule has 0 aromatic rings. The lowest BCUT2D eigenvalue weighted by Gasteiger charge is -1.90. The Morgan fingerprint density at radius 3 is 2.91 bits per heavy atom. The molecule has 0 fully saturated rings. The van der Waals surface area contributed by atoms with Crippen molar-refractivity contribution >= 4 is 0 Å². The van der Waals surface area contributed by atoms with Gasteiger partial charge in [-0.15, -0.1) is 11.7 Å². The van der Waals surface area contributed by atoms with E-state index in [1.807, 2.05) is 6.08 Å². The summed E-state index contributed by atoms with van der Waals surface area (Å²) in [6, 6.07) is 0. The summed E-state index contributed by atoms with van der Waals surface area (Å²) in [5, 5.41) is 0. The molecule has 0 N–H and O–H groups in total. The van der Waals surface area contributed by atoms with Crippen LogP contribution in [0.4, 0.5) is 0 Å². The van der Waals surface area contributed by atoms with Gasteiger partial charge in [-0.2, -0.15) is 0 Å². The Labute approximate surface area is 68.1 Å². The van der Waals surface area contributed by atoms with Crippen molar-refractivity contribution in [2.45, 2.75) is 6.92 Å². The second kappa shape index (κ2) is 8.78. The molecule has 0 amide bonds. The van der Waals surface area contributed by atoms with Gasteiger partial charge in [-0.05, 0) is 19.1 Å². The number of allylic oxidation sites excluding steroid dienone is 1. The Balaban J connectivity index is 3.24. The van der Waals surface area contributed by atoms with E-state index >= 15 is 0 Å². The highest BCUT2D eigenvalue weighted by atomic mass is 16.5. The lowest BCUT2D eigenvalue weighted by molar-refractivity contribution is 0.194. The van der Waals surface area contributed by atoms with Crippen molar-refractivity contribution in [2.24, 2.45) is 0 Å². The van der Waals surface area contributed by atoms with E-state index < -0.39 is 0 Å². The molecule has 0 bridgehead atoms. The predicted molar refractivity (Wildman–Crippen MR) is 47.1 cm³/mol. The van der Waals surface area contributed by atoms with Gasteiger partial charge in [0.05, 0.1) is 13.2 Å². The van der Waals surface area contributed by atoms with Crippen LogP contribution in [0.3, 0.4) is 0 Å². The zero-order chi connectivity index (χ0) is 8.36. The van der Waals surface area contributed by atoms with Gasteiger partial charge >= 0.3 is 0 Å². The van der Waals surface area contributed by atoms with Crippen LogP contribution >= 0.6 is 0 Å². The average molecular weight is 148 g/mol. The molecule has 0 unspecified atom stereocenters. The van der Waals surface area contributed by atoms with E-state index in [0.717, 1.165) is 0 Å². The maximum absolute atomic E-state index is 5.11. The fourth-order valence-electron chi connectivity index (χ4n) is 0.444. The van der Waals surface area contributed by atoms with Crippen LogP contribution in [0.2, 0.25) is 0 Å². The highest BCUT2D eigenvalue weighted by molar-refractivity contribution is 5.13. The minimum atomic E-state index is 0.563. The molecule has 1 nitrogen and oxygen atoms in total. The predicted octanol–water partition coefficient (Wildman–Crippen LogP) is 1.92. The molecule has 0 aliphatic carbocycles. The summed E-state index contributed by atoms with van der Waals surface area (Å²) in [6.07, 6.45) is 5.38. The summed E-state index contributed by atoms with van der Waals surface area (Å²) < 4.78 is 5.11.